The van der Waals surface area contributed by atoms with E-state index in [1.807, 2.05) is 17.0 Å². The van der Waals surface area contributed by atoms with Crippen molar-refractivity contribution in [3.8, 4) is 11.6 Å². The standard InChI is InChI=1S/C18H21N5O2/c19-12-16(24)22-9-5-13-14(6-10-22)20-17(15-4-3-11-25-15)21-18(13)23-7-1-2-8-23/h1-4,11H,5-10,12,19H2. The van der Waals surface area contributed by atoms with Crippen molar-refractivity contribution in [2.24, 2.45) is 5.73 Å². The molecule has 25 heavy (non-hydrogen) atoms. The molecule has 4 rings (SSSR count). The van der Waals surface area contributed by atoms with E-state index in [0.717, 1.165) is 36.6 Å². The van der Waals surface area contributed by atoms with Gasteiger partial charge in [-0.15, -0.1) is 0 Å². The van der Waals surface area contributed by atoms with Crippen LogP contribution in [0.25, 0.3) is 11.6 Å². The minimum absolute atomic E-state index is 0.0172. The number of amides is 1. The predicted octanol–water partition coefficient (Wildman–Crippen LogP) is 0.999. The van der Waals surface area contributed by atoms with Crippen LogP contribution in [-0.4, -0.2) is 53.5 Å². The SMILES string of the molecule is NCC(=O)N1CCc2nc(-c3ccco3)nc(N3CC=CC3)c2CC1. The Morgan fingerprint density at radius 3 is 2.72 bits per heavy atom. The van der Waals surface area contributed by atoms with Crippen LogP contribution in [0.5, 0.6) is 0 Å². The van der Waals surface area contributed by atoms with E-state index in [0.29, 0.717) is 31.1 Å². The van der Waals surface area contributed by atoms with Crippen LogP contribution < -0.4 is 10.6 Å². The van der Waals surface area contributed by atoms with E-state index >= 15 is 0 Å². The summed E-state index contributed by atoms with van der Waals surface area (Å²) in [5.74, 6) is 2.19. The minimum atomic E-state index is -0.0172. The molecule has 0 fully saturated rings. The van der Waals surface area contributed by atoms with Crippen LogP contribution in [-0.2, 0) is 17.6 Å². The van der Waals surface area contributed by atoms with Crippen LogP contribution in [0.2, 0.25) is 0 Å². The fraction of sp³-hybridized carbons (Fsp3) is 0.389. The molecule has 0 saturated carbocycles. The van der Waals surface area contributed by atoms with Crippen molar-refractivity contribution in [1.29, 1.82) is 0 Å². The van der Waals surface area contributed by atoms with Gasteiger partial charge in [0.15, 0.2) is 11.6 Å². The average Bonchev–Trinajstić information content (AvgIpc) is 3.31. The summed E-state index contributed by atoms with van der Waals surface area (Å²) in [6.07, 6.45) is 7.35. The first kappa shape index (κ1) is 15.8. The van der Waals surface area contributed by atoms with Crippen molar-refractivity contribution in [3.05, 3.63) is 41.8 Å². The summed E-state index contributed by atoms with van der Waals surface area (Å²) >= 11 is 0. The van der Waals surface area contributed by atoms with Gasteiger partial charge >= 0.3 is 0 Å². The molecule has 2 aliphatic rings. The molecule has 2 aromatic rings. The van der Waals surface area contributed by atoms with E-state index in [2.05, 4.69) is 17.1 Å². The molecule has 2 N–H and O–H groups in total. The van der Waals surface area contributed by atoms with Gasteiger partial charge in [0, 0.05) is 38.2 Å². The third-order valence-electron chi connectivity index (χ3n) is 4.71. The highest BCUT2D eigenvalue weighted by molar-refractivity contribution is 5.78. The van der Waals surface area contributed by atoms with Gasteiger partial charge in [0.1, 0.15) is 5.82 Å². The molecule has 0 unspecified atom stereocenters. The van der Waals surface area contributed by atoms with E-state index in [1.54, 1.807) is 6.26 Å². The molecular formula is C18H21N5O2. The predicted molar refractivity (Wildman–Crippen MR) is 94.1 cm³/mol. The number of carbonyl (C=O) groups excluding carboxylic acids is 1. The molecule has 4 heterocycles. The maximum absolute atomic E-state index is 12.0. The van der Waals surface area contributed by atoms with E-state index in [4.69, 9.17) is 20.1 Å². The van der Waals surface area contributed by atoms with Gasteiger partial charge in [-0.05, 0) is 18.6 Å². The number of fused-ring (bicyclic) bond motifs is 1. The van der Waals surface area contributed by atoms with Crippen LogP contribution in [0.3, 0.4) is 0 Å². The van der Waals surface area contributed by atoms with Crippen molar-refractivity contribution in [2.45, 2.75) is 12.8 Å². The summed E-state index contributed by atoms with van der Waals surface area (Å²) in [6, 6.07) is 3.71. The highest BCUT2D eigenvalue weighted by Crippen LogP contribution is 2.29. The van der Waals surface area contributed by atoms with Crippen LogP contribution in [0.1, 0.15) is 11.3 Å². The van der Waals surface area contributed by atoms with Crippen LogP contribution in [0, 0.1) is 0 Å². The van der Waals surface area contributed by atoms with Crippen LogP contribution >= 0.6 is 0 Å². The normalized spacial score (nSPS) is 16.8. The molecule has 0 spiro atoms. The Hall–Kier alpha value is -2.67. The number of hydrogen-bond donors (Lipinski definition) is 1. The lowest BCUT2D eigenvalue weighted by atomic mass is 10.1. The van der Waals surface area contributed by atoms with Gasteiger partial charge in [0.25, 0.3) is 0 Å². The molecule has 7 nitrogen and oxygen atoms in total. The summed E-state index contributed by atoms with van der Waals surface area (Å²) in [4.78, 5) is 25.6. The number of carbonyl (C=O) groups is 1. The first-order valence-electron chi connectivity index (χ1n) is 8.57. The fourth-order valence-corrected chi connectivity index (χ4v) is 3.39. The lowest BCUT2D eigenvalue weighted by Crippen LogP contribution is -2.37. The maximum atomic E-state index is 12.0. The molecular weight excluding hydrogens is 318 g/mol. The second-order valence-corrected chi connectivity index (χ2v) is 6.23. The molecule has 0 aromatic carbocycles. The van der Waals surface area contributed by atoms with Crippen molar-refractivity contribution in [3.63, 3.8) is 0 Å². The first-order valence-corrected chi connectivity index (χ1v) is 8.57. The molecule has 130 valence electrons. The van der Waals surface area contributed by atoms with Crippen molar-refractivity contribution in [2.75, 3.05) is 37.6 Å². The van der Waals surface area contributed by atoms with Crippen LogP contribution in [0.15, 0.2) is 35.0 Å². The zero-order valence-electron chi connectivity index (χ0n) is 14.0. The zero-order chi connectivity index (χ0) is 17.2. The molecule has 0 aliphatic carbocycles. The van der Waals surface area contributed by atoms with Gasteiger partial charge in [-0.3, -0.25) is 4.79 Å². The Balaban J connectivity index is 1.73. The smallest absolute Gasteiger partial charge is 0.236 e. The molecule has 0 radical (unpaired) electrons. The maximum Gasteiger partial charge on any atom is 0.236 e. The third-order valence-corrected chi connectivity index (χ3v) is 4.71. The Morgan fingerprint density at radius 2 is 2.00 bits per heavy atom. The van der Waals surface area contributed by atoms with E-state index in [9.17, 15) is 4.79 Å². The number of anilines is 1. The molecule has 7 heteroatoms. The summed E-state index contributed by atoms with van der Waals surface area (Å²) in [6.45, 7) is 3.01. The Morgan fingerprint density at radius 1 is 1.20 bits per heavy atom. The molecule has 0 bridgehead atoms. The Labute approximate surface area is 146 Å². The summed E-state index contributed by atoms with van der Waals surface area (Å²) in [7, 11) is 0. The van der Waals surface area contributed by atoms with Gasteiger partial charge in [0.05, 0.1) is 18.5 Å². The van der Waals surface area contributed by atoms with Gasteiger partial charge in [-0.2, -0.15) is 0 Å². The molecule has 1 amide bonds. The minimum Gasteiger partial charge on any atom is -0.461 e. The molecule has 2 aliphatic heterocycles. The Bertz CT molecular complexity index is 792. The molecule has 0 saturated heterocycles. The summed E-state index contributed by atoms with van der Waals surface area (Å²) in [5, 5.41) is 0. The highest BCUT2D eigenvalue weighted by atomic mass is 16.3. The van der Waals surface area contributed by atoms with Crippen molar-refractivity contribution < 1.29 is 9.21 Å². The Kier molecular flexibility index (Phi) is 4.23. The van der Waals surface area contributed by atoms with E-state index < -0.39 is 0 Å². The largest absolute Gasteiger partial charge is 0.461 e. The topological polar surface area (TPSA) is 88.5 Å². The lowest BCUT2D eigenvalue weighted by molar-refractivity contribution is -0.129. The average molecular weight is 339 g/mol. The van der Waals surface area contributed by atoms with Crippen molar-refractivity contribution >= 4 is 11.7 Å². The fourth-order valence-electron chi connectivity index (χ4n) is 3.39. The molecule has 2 aromatic heterocycles. The number of aromatic nitrogens is 2. The first-order chi connectivity index (χ1) is 12.3. The van der Waals surface area contributed by atoms with E-state index in [1.165, 1.54) is 0 Å². The van der Waals surface area contributed by atoms with Gasteiger partial charge in [-0.25, -0.2) is 9.97 Å². The number of furan rings is 1. The number of hydrogen-bond acceptors (Lipinski definition) is 6. The second kappa shape index (κ2) is 6.68. The number of nitrogens with zero attached hydrogens (tertiary/aromatic N) is 4. The number of nitrogens with two attached hydrogens (primary N) is 1. The summed E-state index contributed by atoms with van der Waals surface area (Å²) < 4.78 is 5.50. The second-order valence-electron chi connectivity index (χ2n) is 6.23. The third kappa shape index (κ3) is 3.02. The summed E-state index contributed by atoms with van der Waals surface area (Å²) in [5.41, 5.74) is 7.66. The molecule has 0 atom stereocenters. The van der Waals surface area contributed by atoms with Crippen LogP contribution in [0.4, 0.5) is 5.82 Å². The van der Waals surface area contributed by atoms with Gasteiger partial charge in [0.2, 0.25) is 5.91 Å². The lowest BCUT2D eigenvalue weighted by Gasteiger charge is -2.22. The monoisotopic (exact) mass is 339 g/mol. The zero-order valence-corrected chi connectivity index (χ0v) is 14.0. The quantitative estimate of drug-likeness (QED) is 0.839. The van der Waals surface area contributed by atoms with Gasteiger partial charge in [-0.1, -0.05) is 12.2 Å². The van der Waals surface area contributed by atoms with E-state index in [-0.39, 0.29) is 12.5 Å². The highest BCUT2D eigenvalue weighted by Gasteiger charge is 2.25. The number of rotatable bonds is 3. The van der Waals surface area contributed by atoms with Gasteiger partial charge < -0.3 is 20.0 Å². The van der Waals surface area contributed by atoms with Crippen molar-refractivity contribution in [1.82, 2.24) is 14.9 Å².